The molecule has 0 fully saturated rings. The van der Waals surface area contributed by atoms with Gasteiger partial charge in [-0.2, -0.15) is 5.26 Å². The van der Waals surface area contributed by atoms with Gasteiger partial charge in [-0.3, -0.25) is 0 Å². The van der Waals surface area contributed by atoms with Crippen LogP contribution in [0.4, 0.5) is 0 Å². The Morgan fingerprint density at radius 3 is 2.47 bits per heavy atom. The van der Waals surface area contributed by atoms with Crippen LogP contribution >= 0.6 is 11.8 Å². The number of rotatable bonds is 1. The molecule has 2 aliphatic carbocycles. The third-order valence-electron chi connectivity index (χ3n) is 3.13. The first kappa shape index (κ1) is 13.6. The summed E-state index contributed by atoms with van der Waals surface area (Å²) in [6.07, 6.45) is 8.98. The molecule has 0 unspecified atom stereocenters. The molecule has 2 rings (SSSR count). The van der Waals surface area contributed by atoms with Crippen molar-refractivity contribution in [2.24, 2.45) is 0 Å². The van der Waals surface area contributed by atoms with E-state index < -0.39 is 0 Å². The Labute approximate surface area is 118 Å². The van der Waals surface area contributed by atoms with E-state index in [0.717, 1.165) is 40.9 Å². The summed E-state index contributed by atoms with van der Waals surface area (Å²) in [6, 6.07) is 0. The summed E-state index contributed by atoms with van der Waals surface area (Å²) in [5, 5.41) is 20.1. The molecule has 0 atom stereocenters. The molecule has 2 nitrogen and oxygen atoms in total. The van der Waals surface area contributed by atoms with Crippen molar-refractivity contribution in [1.82, 2.24) is 0 Å². The number of thiocyanates is 1. The van der Waals surface area contributed by atoms with Crippen molar-refractivity contribution in [3.63, 3.8) is 0 Å². The minimum absolute atomic E-state index is 0.430. The quantitative estimate of drug-likeness (QED) is 0.568. The van der Waals surface area contributed by atoms with Crippen LogP contribution in [-0.4, -0.2) is 5.11 Å². The average Bonchev–Trinajstić information content (AvgIpc) is 2.41. The Kier molecular flexibility index (Phi) is 4.55. The zero-order chi connectivity index (χ0) is 13.7. The summed E-state index contributed by atoms with van der Waals surface area (Å²) in [5.41, 5.74) is 3.34. The van der Waals surface area contributed by atoms with Gasteiger partial charge in [0.05, 0.1) is 5.76 Å². The maximum atomic E-state index is 9.28. The van der Waals surface area contributed by atoms with E-state index in [4.69, 9.17) is 5.26 Å². The van der Waals surface area contributed by atoms with Gasteiger partial charge in [-0.15, -0.1) is 0 Å². The molecule has 0 aliphatic heterocycles. The number of aliphatic hydroxyl groups is 1. The van der Waals surface area contributed by atoms with Crippen LogP contribution in [0, 0.1) is 22.5 Å². The van der Waals surface area contributed by atoms with Crippen molar-refractivity contribution >= 4 is 11.8 Å². The number of nitriles is 1. The standard InChI is InChI=1S/C16H15NOS/c1-12-10-14(6-9-16(12)19-11-17)3-2-13-4-7-15(18)8-5-13/h4,7,10,18H,5-6,8-9H2,1H3. The monoisotopic (exact) mass is 269 g/mol. The van der Waals surface area contributed by atoms with Gasteiger partial charge in [-0.25, -0.2) is 0 Å². The maximum Gasteiger partial charge on any atom is 0.138 e. The SMILES string of the molecule is CC1=C(SC#N)CCC(C#CC2=CC=C(O)CC2)=C1. The predicted molar refractivity (Wildman–Crippen MR) is 79.0 cm³/mol. The molecule has 19 heavy (non-hydrogen) atoms. The smallest absolute Gasteiger partial charge is 0.138 e. The van der Waals surface area contributed by atoms with Crippen LogP contribution in [0.5, 0.6) is 0 Å². The van der Waals surface area contributed by atoms with Gasteiger partial charge in [0.25, 0.3) is 0 Å². The number of aliphatic hydroxyl groups excluding tert-OH is 1. The van der Waals surface area contributed by atoms with Crippen molar-refractivity contribution in [1.29, 1.82) is 5.26 Å². The zero-order valence-corrected chi connectivity index (χ0v) is 11.7. The van der Waals surface area contributed by atoms with Gasteiger partial charge >= 0.3 is 0 Å². The summed E-state index contributed by atoms with van der Waals surface area (Å²) in [6.45, 7) is 2.03. The maximum absolute atomic E-state index is 9.28. The van der Waals surface area contributed by atoms with Gasteiger partial charge in [-0.05, 0) is 61.7 Å². The highest BCUT2D eigenvalue weighted by Crippen LogP contribution is 2.31. The van der Waals surface area contributed by atoms with Crippen LogP contribution < -0.4 is 0 Å². The highest BCUT2D eigenvalue weighted by molar-refractivity contribution is 8.07. The largest absolute Gasteiger partial charge is 0.512 e. The Hall–Kier alpha value is -1.84. The van der Waals surface area contributed by atoms with Crippen molar-refractivity contribution in [3.8, 4) is 17.2 Å². The molecule has 0 aromatic rings. The molecule has 96 valence electrons. The highest BCUT2D eigenvalue weighted by Gasteiger charge is 2.10. The molecule has 0 spiro atoms. The average molecular weight is 269 g/mol. The molecule has 0 aromatic heterocycles. The fraction of sp³-hybridized carbons (Fsp3) is 0.312. The number of hydrogen-bond donors (Lipinski definition) is 1. The highest BCUT2D eigenvalue weighted by atomic mass is 32.2. The van der Waals surface area contributed by atoms with E-state index in [-0.39, 0.29) is 0 Å². The van der Waals surface area contributed by atoms with E-state index in [1.807, 2.05) is 13.0 Å². The van der Waals surface area contributed by atoms with E-state index in [9.17, 15) is 5.11 Å². The topological polar surface area (TPSA) is 44.0 Å². The van der Waals surface area contributed by atoms with Gasteiger partial charge < -0.3 is 5.11 Å². The fourth-order valence-electron chi connectivity index (χ4n) is 2.04. The van der Waals surface area contributed by atoms with E-state index >= 15 is 0 Å². The minimum atomic E-state index is 0.430. The first-order valence-electron chi connectivity index (χ1n) is 6.26. The Balaban J connectivity index is 2.10. The second-order valence-corrected chi connectivity index (χ2v) is 5.45. The molecule has 3 heteroatoms. The van der Waals surface area contributed by atoms with Gasteiger partial charge in [0.1, 0.15) is 5.40 Å². The Bertz CT molecular complexity index is 603. The third-order valence-corrected chi connectivity index (χ3v) is 4.00. The van der Waals surface area contributed by atoms with Crippen LogP contribution in [0.3, 0.4) is 0 Å². The molecule has 0 amide bonds. The van der Waals surface area contributed by atoms with Gasteiger partial charge in [-0.1, -0.05) is 11.8 Å². The van der Waals surface area contributed by atoms with Crippen molar-refractivity contribution in [2.75, 3.05) is 0 Å². The molecule has 2 aliphatic rings. The normalized spacial score (nSPS) is 18.6. The second kappa shape index (κ2) is 6.36. The van der Waals surface area contributed by atoms with E-state index in [1.54, 1.807) is 6.08 Å². The molecular weight excluding hydrogens is 254 g/mol. The van der Waals surface area contributed by atoms with Gasteiger partial charge in [0.15, 0.2) is 0 Å². The molecule has 0 radical (unpaired) electrons. The van der Waals surface area contributed by atoms with Gasteiger partial charge in [0.2, 0.25) is 0 Å². The lowest BCUT2D eigenvalue weighted by Crippen LogP contribution is -1.94. The molecular formula is C16H15NOS. The summed E-state index contributed by atoms with van der Waals surface area (Å²) in [4.78, 5) is 1.15. The van der Waals surface area contributed by atoms with Crippen LogP contribution in [0.25, 0.3) is 0 Å². The molecule has 0 heterocycles. The zero-order valence-electron chi connectivity index (χ0n) is 10.9. The molecule has 0 saturated heterocycles. The summed E-state index contributed by atoms with van der Waals surface area (Å²) >= 11 is 1.25. The number of thioether (sulfide) groups is 1. The lowest BCUT2D eigenvalue weighted by molar-refractivity contribution is 0.386. The van der Waals surface area contributed by atoms with E-state index in [2.05, 4.69) is 23.3 Å². The van der Waals surface area contributed by atoms with Crippen LogP contribution in [0.1, 0.15) is 32.6 Å². The fourth-order valence-corrected chi connectivity index (χ4v) is 2.57. The summed E-state index contributed by atoms with van der Waals surface area (Å²) in [5.74, 6) is 6.81. The number of hydrogen-bond acceptors (Lipinski definition) is 3. The molecule has 0 saturated carbocycles. The summed E-state index contributed by atoms with van der Waals surface area (Å²) in [7, 11) is 0. The first-order chi connectivity index (χ1) is 9.19. The first-order valence-corrected chi connectivity index (χ1v) is 7.07. The van der Waals surface area contributed by atoms with E-state index in [1.165, 1.54) is 11.8 Å². The number of nitrogens with zero attached hydrogens (tertiary/aromatic N) is 1. The van der Waals surface area contributed by atoms with Crippen molar-refractivity contribution < 1.29 is 5.11 Å². The summed E-state index contributed by atoms with van der Waals surface area (Å²) < 4.78 is 0. The second-order valence-electron chi connectivity index (χ2n) is 4.57. The Morgan fingerprint density at radius 1 is 1.11 bits per heavy atom. The van der Waals surface area contributed by atoms with Crippen LogP contribution in [0.2, 0.25) is 0 Å². The van der Waals surface area contributed by atoms with Crippen LogP contribution in [-0.2, 0) is 0 Å². The van der Waals surface area contributed by atoms with Crippen molar-refractivity contribution in [2.45, 2.75) is 32.6 Å². The van der Waals surface area contributed by atoms with Crippen LogP contribution in [0.15, 0.2) is 45.6 Å². The Morgan fingerprint density at radius 2 is 1.84 bits per heavy atom. The molecule has 0 aromatic carbocycles. The molecule has 1 N–H and O–H groups in total. The lowest BCUT2D eigenvalue weighted by Gasteiger charge is -2.12. The van der Waals surface area contributed by atoms with E-state index in [0.29, 0.717) is 12.2 Å². The molecule has 0 bridgehead atoms. The minimum Gasteiger partial charge on any atom is -0.512 e. The number of allylic oxidation sites excluding steroid dienone is 8. The van der Waals surface area contributed by atoms with Gasteiger partial charge in [0, 0.05) is 22.5 Å². The lowest BCUT2D eigenvalue weighted by atomic mass is 9.99. The van der Waals surface area contributed by atoms with Crippen molar-refractivity contribution in [3.05, 3.63) is 45.6 Å². The predicted octanol–water partition coefficient (Wildman–Crippen LogP) is 4.36. The third kappa shape index (κ3) is 3.81.